The summed E-state index contributed by atoms with van der Waals surface area (Å²) in [6.45, 7) is 0. The second kappa shape index (κ2) is 700. The molecule has 0 atom stereocenters. The van der Waals surface area contributed by atoms with E-state index in [1.807, 2.05) is 0 Å². The van der Waals surface area contributed by atoms with Crippen molar-refractivity contribution in [1.82, 2.24) is 0 Å². The largest absolute Gasteiger partial charge is 0.412 e. The van der Waals surface area contributed by atoms with E-state index in [4.69, 9.17) is 0 Å². The third-order valence-corrected chi connectivity index (χ3v) is 0. The summed E-state index contributed by atoms with van der Waals surface area (Å²) in [5, 5.41) is 0. The Morgan fingerprint density at radius 3 is 0.222 bits per heavy atom. The minimum atomic E-state index is 0. The van der Waals surface area contributed by atoms with E-state index >= 15 is 0 Å². The molecule has 0 heterocycles. The van der Waals surface area contributed by atoms with Crippen molar-refractivity contribution in [3.05, 3.63) is 0 Å². The maximum absolute atomic E-state index is 0. The number of hydrogen-bond acceptors (Lipinski definition) is 0. The molecular formula is H14O7V2. The van der Waals surface area contributed by atoms with E-state index in [-0.39, 0.29) is 75.4 Å². The Morgan fingerprint density at radius 1 is 0.222 bits per heavy atom. The predicted molar refractivity (Wildman–Crippen MR) is 25.3 cm³/mol. The normalized spacial score (nSPS) is 0. The van der Waals surface area contributed by atoms with Gasteiger partial charge in [0.1, 0.15) is 0 Å². The molecular weight excluding hydrogens is 214 g/mol. The summed E-state index contributed by atoms with van der Waals surface area (Å²) in [7, 11) is 0. The van der Waals surface area contributed by atoms with Crippen LogP contribution in [0.1, 0.15) is 0 Å². The van der Waals surface area contributed by atoms with Crippen LogP contribution >= 0.6 is 0 Å². The van der Waals surface area contributed by atoms with E-state index in [1.54, 1.807) is 0 Å². The molecule has 0 rings (SSSR count). The Bertz CT molecular complexity index is 6.88. The summed E-state index contributed by atoms with van der Waals surface area (Å²) in [5.41, 5.74) is 0. The number of hydrogen-bond donors (Lipinski definition) is 0. The first kappa shape index (κ1) is 989. The molecule has 9 heteroatoms. The summed E-state index contributed by atoms with van der Waals surface area (Å²) in [4.78, 5) is 0. The van der Waals surface area contributed by atoms with Crippen LogP contribution in [-0.2, 0) is 37.1 Å². The van der Waals surface area contributed by atoms with Gasteiger partial charge >= 0.3 is 0 Å². The van der Waals surface area contributed by atoms with E-state index in [0.717, 1.165) is 0 Å². The van der Waals surface area contributed by atoms with Gasteiger partial charge in [-0.3, -0.25) is 0 Å². The summed E-state index contributed by atoms with van der Waals surface area (Å²) < 4.78 is 0. The topological polar surface area (TPSA) is 220 Å². The van der Waals surface area contributed by atoms with Gasteiger partial charge in [0.25, 0.3) is 0 Å². The van der Waals surface area contributed by atoms with E-state index in [1.165, 1.54) is 0 Å². The molecule has 2 radical (unpaired) electrons. The summed E-state index contributed by atoms with van der Waals surface area (Å²) in [5.74, 6) is 0. The molecule has 9 heavy (non-hydrogen) atoms. The van der Waals surface area contributed by atoms with Crippen molar-refractivity contribution in [2.75, 3.05) is 0 Å². The minimum Gasteiger partial charge on any atom is -0.412 e. The van der Waals surface area contributed by atoms with E-state index in [0.29, 0.717) is 0 Å². The van der Waals surface area contributed by atoms with E-state index in [2.05, 4.69) is 0 Å². The first-order valence-electron chi connectivity index (χ1n) is 0. The van der Waals surface area contributed by atoms with E-state index in [9.17, 15) is 0 Å². The molecule has 0 aliphatic carbocycles. The third-order valence-electron chi connectivity index (χ3n) is 0. The average molecular weight is 228 g/mol. The molecule has 0 aliphatic heterocycles. The molecule has 0 aromatic carbocycles. The molecule has 66 valence electrons. The van der Waals surface area contributed by atoms with Gasteiger partial charge in [-0.2, -0.15) is 0 Å². The van der Waals surface area contributed by atoms with Gasteiger partial charge in [0.2, 0.25) is 0 Å². The van der Waals surface area contributed by atoms with Gasteiger partial charge in [-0.1, -0.05) is 0 Å². The fourth-order valence-electron chi connectivity index (χ4n) is 0. The van der Waals surface area contributed by atoms with Crippen LogP contribution < -0.4 is 0 Å². The molecule has 0 bridgehead atoms. The van der Waals surface area contributed by atoms with Crippen LogP contribution in [0, 0.1) is 0 Å². The van der Waals surface area contributed by atoms with Crippen LogP contribution in [0.5, 0.6) is 0 Å². The second-order valence-electron chi connectivity index (χ2n) is 0. The van der Waals surface area contributed by atoms with Crippen LogP contribution in [0.4, 0.5) is 0 Å². The summed E-state index contributed by atoms with van der Waals surface area (Å²) in [6, 6.07) is 0. The molecule has 0 aromatic rings. The Hall–Kier alpha value is 0.889. The van der Waals surface area contributed by atoms with Gasteiger partial charge < -0.3 is 38.3 Å². The minimum absolute atomic E-state index is 0. The van der Waals surface area contributed by atoms with Crippen molar-refractivity contribution in [1.29, 1.82) is 0 Å². The van der Waals surface area contributed by atoms with Gasteiger partial charge in [-0.25, -0.2) is 0 Å². The molecule has 0 fully saturated rings. The molecule has 0 aromatic heterocycles. The van der Waals surface area contributed by atoms with Crippen molar-refractivity contribution in [2.24, 2.45) is 0 Å². The SMILES string of the molecule is O.O.O.O.O.O.O.[V].[V]. The molecule has 14 N–H and O–H groups in total. The third kappa shape index (κ3) is 534. The molecule has 0 spiro atoms. The maximum Gasteiger partial charge on any atom is 0 e. The monoisotopic (exact) mass is 228 g/mol. The van der Waals surface area contributed by atoms with Crippen molar-refractivity contribution in [3.63, 3.8) is 0 Å². The van der Waals surface area contributed by atoms with Gasteiger partial charge in [-0.15, -0.1) is 0 Å². The molecule has 0 saturated carbocycles. The van der Waals surface area contributed by atoms with E-state index < -0.39 is 0 Å². The Morgan fingerprint density at radius 2 is 0.222 bits per heavy atom. The van der Waals surface area contributed by atoms with Crippen molar-refractivity contribution in [3.8, 4) is 0 Å². The smallest absolute Gasteiger partial charge is 0 e. The molecule has 7 nitrogen and oxygen atoms in total. The van der Waals surface area contributed by atoms with Crippen LogP contribution in [0.2, 0.25) is 0 Å². The van der Waals surface area contributed by atoms with Crippen molar-refractivity contribution >= 4 is 0 Å². The average Bonchev–Trinajstić information content (AvgIpc) is 0. The molecule has 0 saturated heterocycles. The zero-order chi connectivity index (χ0) is 0. The van der Waals surface area contributed by atoms with Crippen molar-refractivity contribution in [2.45, 2.75) is 0 Å². The first-order valence-corrected chi connectivity index (χ1v) is 0. The zero-order valence-electron chi connectivity index (χ0n) is 4.39. The van der Waals surface area contributed by atoms with Crippen LogP contribution in [-0.4, -0.2) is 38.3 Å². The second-order valence-corrected chi connectivity index (χ2v) is 0. The summed E-state index contributed by atoms with van der Waals surface area (Å²) >= 11 is 0. The van der Waals surface area contributed by atoms with Crippen LogP contribution in [0.25, 0.3) is 0 Å². The maximum atomic E-state index is 0. The zero-order valence-corrected chi connectivity index (χ0v) is 7.19. The molecule has 0 unspecified atom stereocenters. The standard InChI is InChI=1S/7H2O.2V/h7*1H2;;. The fourth-order valence-corrected chi connectivity index (χ4v) is 0. The van der Waals surface area contributed by atoms with Gasteiger partial charge in [0, 0.05) is 37.1 Å². The van der Waals surface area contributed by atoms with Crippen LogP contribution in [0.3, 0.4) is 0 Å². The fraction of sp³-hybridized carbons (Fsp3) is 0. The first-order chi connectivity index (χ1) is 0. The van der Waals surface area contributed by atoms with Gasteiger partial charge in [-0.05, 0) is 0 Å². The Labute approximate surface area is 75.8 Å². The van der Waals surface area contributed by atoms with Crippen LogP contribution in [0.15, 0.2) is 0 Å². The molecule has 0 amide bonds. The molecule has 0 aliphatic rings. The number of rotatable bonds is 0. The van der Waals surface area contributed by atoms with Gasteiger partial charge in [0.05, 0.1) is 0 Å². The Kier molecular flexibility index (Phi) is 76900. The predicted octanol–water partition coefficient (Wildman–Crippen LogP) is -5.78. The van der Waals surface area contributed by atoms with Crippen molar-refractivity contribution < 1.29 is 75.4 Å². The Balaban J connectivity index is 0. The summed E-state index contributed by atoms with van der Waals surface area (Å²) in [6.07, 6.45) is 0. The quantitative estimate of drug-likeness (QED) is 0.377. The van der Waals surface area contributed by atoms with Gasteiger partial charge in [0.15, 0.2) is 0 Å².